The maximum atomic E-state index is 11.6. The van der Waals surface area contributed by atoms with Gasteiger partial charge < -0.3 is 20.5 Å². The number of halogens is 2. The molecule has 1 heterocycles. The highest BCUT2D eigenvalue weighted by atomic mass is 35.5. The van der Waals surface area contributed by atoms with Crippen LogP contribution < -0.4 is 20.5 Å². The average molecular weight is 321 g/mol. The number of hydrogen-bond acceptors (Lipinski definition) is 4. The number of amides is 1. The molecule has 1 aliphatic heterocycles. The zero-order chi connectivity index (χ0) is 13.8. The summed E-state index contributed by atoms with van der Waals surface area (Å²) in [5, 5.41) is 3.30. The zero-order valence-electron chi connectivity index (χ0n) is 11.1. The van der Waals surface area contributed by atoms with Gasteiger partial charge in [-0.25, -0.2) is 0 Å². The monoisotopic (exact) mass is 320 g/mol. The van der Waals surface area contributed by atoms with Crippen molar-refractivity contribution in [3.8, 4) is 11.5 Å². The molecule has 1 aromatic carbocycles. The van der Waals surface area contributed by atoms with Gasteiger partial charge in [-0.3, -0.25) is 4.79 Å². The second-order valence-corrected chi connectivity index (χ2v) is 4.86. The van der Waals surface area contributed by atoms with Gasteiger partial charge in [0.05, 0.1) is 5.02 Å². The Labute approximate surface area is 129 Å². The Morgan fingerprint density at radius 3 is 2.85 bits per heavy atom. The molecule has 0 radical (unpaired) electrons. The van der Waals surface area contributed by atoms with Crippen LogP contribution in [0.3, 0.4) is 0 Å². The van der Waals surface area contributed by atoms with Crippen LogP contribution in [0.15, 0.2) is 12.1 Å². The van der Waals surface area contributed by atoms with Crippen LogP contribution in [0.5, 0.6) is 11.5 Å². The summed E-state index contributed by atoms with van der Waals surface area (Å²) in [6.45, 7) is 3.50. The summed E-state index contributed by atoms with van der Waals surface area (Å²) in [7, 11) is 0. The molecule has 1 aromatic rings. The summed E-state index contributed by atoms with van der Waals surface area (Å²) in [6, 6.07) is 3.59. The van der Waals surface area contributed by atoms with Crippen LogP contribution in [0.4, 0.5) is 0 Å². The van der Waals surface area contributed by atoms with Crippen molar-refractivity contribution in [3.63, 3.8) is 0 Å². The van der Waals surface area contributed by atoms with Gasteiger partial charge in [-0.1, -0.05) is 18.5 Å². The lowest BCUT2D eigenvalue weighted by Crippen LogP contribution is -2.32. The predicted octanol–water partition coefficient (Wildman–Crippen LogP) is 1.74. The molecule has 1 unspecified atom stereocenters. The highest BCUT2D eigenvalue weighted by Gasteiger charge is 2.17. The minimum atomic E-state index is -0.201. The molecule has 0 saturated carbocycles. The second kappa shape index (κ2) is 7.57. The van der Waals surface area contributed by atoms with Gasteiger partial charge in [-0.15, -0.1) is 12.4 Å². The van der Waals surface area contributed by atoms with Crippen LogP contribution >= 0.6 is 24.0 Å². The third-order valence-electron chi connectivity index (χ3n) is 2.92. The molecule has 0 spiro atoms. The topological polar surface area (TPSA) is 73.6 Å². The van der Waals surface area contributed by atoms with Crippen molar-refractivity contribution < 1.29 is 14.3 Å². The molecule has 5 nitrogen and oxygen atoms in total. The summed E-state index contributed by atoms with van der Waals surface area (Å²) in [5.41, 5.74) is 6.31. The number of nitrogens with two attached hydrogens (primary N) is 1. The first-order valence-corrected chi connectivity index (χ1v) is 6.55. The van der Waals surface area contributed by atoms with Gasteiger partial charge in [-0.05, 0) is 17.7 Å². The van der Waals surface area contributed by atoms with Crippen LogP contribution in [-0.2, 0) is 11.3 Å². The van der Waals surface area contributed by atoms with E-state index in [-0.39, 0.29) is 24.2 Å². The lowest BCUT2D eigenvalue weighted by Gasteiger charge is -2.20. The lowest BCUT2D eigenvalue weighted by atomic mass is 10.1. The summed E-state index contributed by atoms with van der Waals surface area (Å²) in [5.74, 6) is 0.911. The van der Waals surface area contributed by atoms with Gasteiger partial charge in [0.2, 0.25) is 5.91 Å². The van der Waals surface area contributed by atoms with E-state index in [1.807, 2.05) is 6.07 Å². The van der Waals surface area contributed by atoms with Gasteiger partial charge in [0.15, 0.2) is 11.5 Å². The fraction of sp³-hybridized carbons (Fsp3) is 0.462. The van der Waals surface area contributed by atoms with Crippen molar-refractivity contribution in [2.24, 2.45) is 11.7 Å². The molecule has 3 N–H and O–H groups in total. The first kappa shape index (κ1) is 16.9. The fourth-order valence-electron chi connectivity index (χ4n) is 1.74. The smallest absolute Gasteiger partial charge is 0.224 e. The minimum absolute atomic E-state index is 0. The lowest BCUT2D eigenvalue weighted by molar-refractivity contribution is -0.124. The average Bonchev–Trinajstić information content (AvgIpc) is 2.44. The molecule has 0 aromatic heterocycles. The molecule has 7 heteroatoms. The Morgan fingerprint density at radius 1 is 1.45 bits per heavy atom. The molecule has 0 fully saturated rings. The molecular weight excluding hydrogens is 303 g/mol. The van der Waals surface area contributed by atoms with Crippen molar-refractivity contribution >= 4 is 29.9 Å². The predicted molar refractivity (Wildman–Crippen MR) is 79.8 cm³/mol. The Kier molecular flexibility index (Phi) is 6.39. The number of nitrogens with one attached hydrogen (secondary N) is 1. The maximum Gasteiger partial charge on any atom is 0.224 e. The normalized spacial score (nSPS) is 14.2. The van der Waals surface area contributed by atoms with Crippen molar-refractivity contribution in [2.75, 3.05) is 19.8 Å². The highest BCUT2D eigenvalue weighted by Crippen LogP contribution is 2.38. The summed E-state index contributed by atoms with van der Waals surface area (Å²) in [6.07, 6.45) is 0. The van der Waals surface area contributed by atoms with Crippen LogP contribution in [0.2, 0.25) is 5.02 Å². The van der Waals surface area contributed by atoms with Crippen LogP contribution in [0.1, 0.15) is 12.5 Å². The molecule has 1 atom stereocenters. The van der Waals surface area contributed by atoms with E-state index >= 15 is 0 Å². The third kappa shape index (κ3) is 3.91. The Bertz CT molecular complexity index is 483. The number of ether oxygens (including phenoxy) is 2. The van der Waals surface area contributed by atoms with E-state index in [1.165, 1.54) is 0 Å². The number of carbonyl (C=O) groups excluding carboxylic acids is 1. The number of hydrogen-bond donors (Lipinski definition) is 2. The quantitative estimate of drug-likeness (QED) is 0.886. The van der Waals surface area contributed by atoms with Crippen LogP contribution in [0.25, 0.3) is 0 Å². The first-order valence-electron chi connectivity index (χ1n) is 6.17. The largest absolute Gasteiger partial charge is 0.486 e. The molecule has 0 bridgehead atoms. The van der Waals surface area contributed by atoms with Crippen LogP contribution in [0, 0.1) is 5.92 Å². The van der Waals surface area contributed by atoms with Crippen molar-refractivity contribution in [3.05, 3.63) is 22.7 Å². The SMILES string of the molecule is CC(CN)C(=O)NCc1cc(Cl)c2c(c1)OCCO2.Cl. The van der Waals surface area contributed by atoms with E-state index < -0.39 is 0 Å². The first-order chi connectivity index (χ1) is 9.11. The maximum absolute atomic E-state index is 11.6. The van der Waals surface area contributed by atoms with Crippen molar-refractivity contribution in [1.29, 1.82) is 0 Å². The molecule has 1 amide bonds. The van der Waals surface area contributed by atoms with Gasteiger partial charge in [0.25, 0.3) is 0 Å². The zero-order valence-corrected chi connectivity index (χ0v) is 12.7. The highest BCUT2D eigenvalue weighted by molar-refractivity contribution is 6.32. The van der Waals surface area contributed by atoms with E-state index in [2.05, 4.69) is 5.32 Å². The van der Waals surface area contributed by atoms with E-state index in [1.54, 1.807) is 13.0 Å². The number of rotatable bonds is 4. The van der Waals surface area contributed by atoms with Gasteiger partial charge in [0.1, 0.15) is 13.2 Å². The molecular formula is C13H18Cl2N2O3. The van der Waals surface area contributed by atoms with E-state index in [0.717, 1.165) is 5.56 Å². The van der Waals surface area contributed by atoms with Crippen molar-refractivity contribution in [2.45, 2.75) is 13.5 Å². The van der Waals surface area contributed by atoms with Gasteiger partial charge >= 0.3 is 0 Å². The summed E-state index contributed by atoms with van der Waals surface area (Å²) in [4.78, 5) is 11.6. The van der Waals surface area contributed by atoms with E-state index in [9.17, 15) is 4.79 Å². The van der Waals surface area contributed by atoms with Crippen LogP contribution in [-0.4, -0.2) is 25.7 Å². The Hall–Kier alpha value is -1.17. The molecule has 0 saturated heterocycles. The van der Waals surface area contributed by atoms with E-state index in [0.29, 0.717) is 42.8 Å². The van der Waals surface area contributed by atoms with Gasteiger partial charge in [-0.2, -0.15) is 0 Å². The standard InChI is InChI=1S/C13H17ClN2O3.ClH/c1-8(6-15)13(17)16-7-9-4-10(14)12-11(5-9)18-2-3-19-12;/h4-5,8H,2-3,6-7,15H2,1H3,(H,16,17);1H. The van der Waals surface area contributed by atoms with E-state index in [4.69, 9.17) is 26.8 Å². The Balaban J connectivity index is 0.00000200. The molecule has 1 aliphatic rings. The van der Waals surface area contributed by atoms with Gasteiger partial charge in [0, 0.05) is 19.0 Å². The number of benzene rings is 1. The summed E-state index contributed by atoms with van der Waals surface area (Å²) >= 11 is 6.11. The third-order valence-corrected chi connectivity index (χ3v) is 3.21. The fourth-order valence-corrected chi connectivity index (χ4v) is 2.02. The number of fused-ring (bicyclic) bond motifs is 1. The second-order valence-electron chi connectivity index (χ2n) is 4.46. The summed E-state index contributed by atoms with van der Waals surface area (Å²) < 4.78 is 10.9. The molecule has 0 aliphatic carbocycles. The molecule has 20 heavy (non-hydrogen) atoms. The number of carbonyl (C=O) groups is 1. The molecule has 2 rings (SSSR count). The van der Waals surface area contributed by atoms with Crippen molar-refractivity contribution in [1.82, 2.24) is 5.32 Å². The minimum Gasteiger partial charge on any atom is -0.486 e. The Morgan fingerprint density at radius 2 is 2.15 bits per heavy atom. The molecule has 112 valence electrons.